The maximum atomic E-state index is 12.5. The summed E-state index contributed by atoms with van der Waals surface area (Å²) in [5.74, 6) is 0.770. The number of halogens is 1. The van der Waals surface area contributed by atoms with Crippen LogP contribution in [0.5, 0.6) is 5.75 Å². The highest BCUT2D eigenvalue weighted by atomic mass is 35.5. The number of aromatic nitrogens is 2. The number of nitrogens with one attached hydrogen (secondary N) is 1. The van der Waals surface area contributed by atoms with Crippen LogP contribution in [-0.4, -0.2) is 22.6 Å². The number of hydrogen-bond acceptors (Lipinski definition) is 4. The van der Waals surface area contributed by atoms with Gasteiger partial charge in [-0.15, -0.1) is 0 Å². The summed E-state index contributed by atoms with van der Waals surface area (Å²) in [5.41, 5.74) is 2.49. The summed E-state index contributed by atoms with van der Waals surface area (Å²) in [4.78, 5) is 29.5. The normalized spacial score (nSPS) is 10.6. The highest BCUT2D eigenvalue weighted by molar-refractivity contribution is 6.31. The van der Waals surface area contributed by atoms with E-state index in [9.17, 15) is 9.59 Å². The zero-order chi connectivity index (χ0) is 20.3. The van der Waals surface area contributed by atoms with Crippen LogP contribution in [0.25, 0.3) is 11.4 Å². The summed E-state index contributed by atoms with van der Waals surface area (Å²) in [6.07, 6.45) is 0. The van der Waals surface area contributed by atoms with Crippen molar-refractivity contribution in [3.63, 3.8) is 0 Å². The fourth-order valence-corrected chi connectivity index (χ4v) is 2.93. The molecule has 1 amide bonds. The second-order valence-electron chi connectivity index (χ2n) is 6.39. The van der Waals surface area contributed by atoms with E-state index < -0.39 is 0 Å². The monoisotopic (exact) mass is 397 g/mol. The van der Waals surface area contributed by atoms with E-state index in [-0.39, 0.29) is 18.0 Å². The molecule has 0 saturated carbocycles. The number of anilines is 1. The first-order valence-corrected chi connectivity index (χ1v) is 9.04. The molecule has 28 heavy (non-hydrogen) atoms. The van der Waals surface area contributed by atoms with Gasteiger partial charge in [0.05, 0.1) is 7.11 Å². The van der Waals surface area contributed by atoms with Crippen LogP contribution in [-0.2, 0) is 11.3 Å². The predicted molar refractivity (Wildman–Crippen MR) is 110 cm³/mol. The lowest BCUT2D eigenvalue weighted by Crippen LogP contribution is -2.29. The van der Waals surface area contributed by atoms with Gasteiger partial charge in [-0.2, -0.15) is 0 Å². The molecule has 0 saturated heterocycles. The first-order chi connectivity index (χ1) is 13.4. The Bertz CT molecular complexity index is 1080. The molecule has 3 rings (SSSR count). The first-order valence-electron chi connectivity index (χ1n) is 8.66. The van der Waals surface area contributed by atoms with Crippen molar-refractivity contribution in [2.24, 2.45) is 0 Å². The Balaban J connectivity index is 1.91. The van der Waals surface area contributed by atoms with Crippen LogP contribution in [0.1, 0.15) is 11.3 Å². The molecule has 1 aromatic heterocycles. The molecule has 0 aliphatic heterocycles. The highest BCUT2D eigenvalue weighted by Gasteiger charge is 2.14. The Morgan fingerprint density at radius 2 is 1.86 bits per heavy atom. The van der Waals surface area contributed by atoms with Crippen molar-refractivity contribution in [3.8, 4) is 17.1 Å². The molecule has 1 heterocycles. The smallest absolute Gasteiger partial charge is 0.254 e. The van der Waals surface area contributed by atoms with Gasteiger partial charge in [0.25, 0.3) is 5.56 Å². The SMILES string of the molecule is COc1ccc(-c2nc(C)cc(=O)n2CC(=O)Nc2ccc(C)c(Cl)c2)cc1. The van der Waals surface area contributed by atoms with Gasteiger partial charge in [-0.1, -0.05) is 17.7 Å². The van der Waals surface area contributed by atoms with Crippen LogP contribution in [0.15, 0.2) is 53.3 Å². The number of nitrogens with zero attached hydrogens (tertiary/aromatic N) is 2. The van der Waals surface area contributed by atoms with Crippen molar-refractivity contribution in [3.05, 3.63) is 75.2 Å². The number of ether oxygens (including phenoxy) is 1. The molecular formula is C21H20ClN3O3. The van der Waals surface area contributed by atoms with Gasteiger partial charge in [0.1, 0.15) is 18.1 Å². The molecule has 1 N–H and O–H groups in total. The van der Waals surface area contributed by atoms with E-state index in [1.165, 1.54) is 10.6 Å². The molecule has 144 valence electrons. The van der Waals surface area contributed by atoms with Gasteiger partial charge in [0.15, 0.2) is 0 Å². The minimum absolute atomic E-state index is 0.168. The van der Waals surface area contributed by atoms with E-state index in [1.54, 1.807) is 50.4 Å². The Morgan fingerprint density at radius 3 is 2.50 bits per heavy atom. The van der Waals surface area contributed by atoms with Crippen LogP contribution in [0.2, 0.25) is 5.02 Å². The number of hydrogen-bond donors (Lipinski definition) is 1. The number of aryl methyl sites for hydroxylation is 2. The van der Waals surface area contributed by atoms with Gasteiger partial charge >= 0.3 is 0 Å². The van der Waals surface area contributed by atoms with Gasteiger partial charge in [-0.25, -0.2) is 4.98 Å². The topological polar surface area (TPSA) is 73.2 Å². The van der Waals surface area contributed by atoms with Crippen LogP contribution in [0.4, 0.5) is 5.69 Å². The van der Waals surface area contributed by atoms with Crippen molar-refractivity contribution in [1.29, 1.82) is 0 Å². The highest BCUT2D eigenvalue weighted by Crippen LogP contribution is 2.22. The van der Waals surface area contributed by atoms with E-state index in [4.69, 9.17) is 16.3 Å². The minimum Gasteiger partial charge on any atom is -0.497 e. The Labute approximate surface area is 167 Å². The average molecular weight is 398 g/mol. The van der Waals surface area contributed by atoms with Crippen molar-refractivity contribution >= 4 is 23.2 Å². The fourth-order valence-electron chi connectivity index (χ4n) is 2.75. The molecule has 0 radical (unpaired) electrons. The third-order valence-electron chi connectivity index (χ3n) is 4.24. The van der Waals surface area contributed by atoms with Gasteiger partial charge < -0.3 is 10.1 Å². The molecule has 6 nitrogen and oxygen atoms in total. The molecule has 7 heteroatoms. The van der Waals surface area contributed by atoms with Gasteiger partial charge in [0, 0.05) is 28.0 Å². The molecule has 0 spiro atoms. The number of methoxy groups -OCH3 is 1. The third kappa shape index (κ3) is 4.40. The maximum Gasteiger partial charge on any atom is 0.254 e. The van der Waals surface area contributed by atoms with E-state index in [1.807, 2.05) is 13.0 Å². The largest absolute Gasteiger partial charge is 0.497 e. The summed E-state index contributed by atoms with van der Waals surface area (Å²) in [7, 11) is 1.58. The van der Waals surface area contributed by atoms with Crippen molar-refractivity contribution in [2.75, 3.05) is 12.4 Å². The zero-order valence-corrected chi connectivity index (χ0v) is 16.6. The lowest BCUT2D eigenvalue weighted by atomic mass is 10.2. The average Bonchev–Trinajstić information content (AvgIpc) is 2.67. The second-order valence-corrected chi connectivity index (χ2v) is 6.79. The van der Waals surface area contributed by atoms with E-state index in [0.29, 0.717) is 33.5 Å². The fraction of sp³-hybridized carbons (Fsp3) is 0.190. The van der Waals surface area contributed by atoms with Gasteiger partial charge in [-0.05, 0) is 55.8 Å². The molecule has 0 bridgehead atoms. The maximum absolute atomic E-state index is 12.5. The van der Waals surface area contributed by atoms with Crippen LogP contribution < -0.4 is 15.6 Å². The quantitative estimate of drug-likeness (QED) is 0.710. The Morgan fingerprint density at radius 1 is 1.14 bits per heavy atom. The van der Waals surface area contributed by atoms with Crippen molar-refractivity contribution in [2.45, 2.75) is 20.4 Å². The van der Waals surface area contributed by atoms with Crippen LogP contribution in [0.3, 0.4) is 0 Å². The van der Waals surface area contributed by atoms with E-state index in [2.05, 4.69) is 10.3 Å². The number of rotatable bonds is 5. The Hall–Kier alpha value is -3.12. The molecule has 2 aromatic carbocycles. The van der Waals surface area contributed by atoms with Crippen LogP contribution in [0, 0.1) is 13.8 Å². The second kappa shape index (κ2) is 8.27. The molecule has 0 aliphatic rings. The van der Waals surface area contributed by atoms with Crippen molar-refractivity contribution < 1.29 is 9.53 Å². The molecule has 0 unspecified atom stereocenters. The molecular weight excluding hydrogens is 378 g/mol. The number of amides is 1. The van der Waals surface area contributed by atoms with Gasteiger partial charge in [-0.3, -0.25) is 14.2 Å². The molecule has 0 atom stereocenters. The summed E-state index contributed by atoms with van der Waals surface area (Å²) in [6, 6.07) is 13.8. The minimum atomic E-state index is -0.345. The number of carbonyl (C=O) groups is 1. The van der Waals surface area contributed by atoms with Crippen molar-refractivity contribution in [1.82, 2.24) is 9.55 Å². The molecule has 0 fully saturated rings. The van der Waals surface area contributed by atoms with Gasteiger partial charge in [0.2, 0.25) is 5.91 Å². The zero-order valence-electron chi connectivity index (χ0n) is 15.8. The van der Waals surface area contributed by atoms with E-state index >= 15 is 0 Å². The lowest BCUT2D eigenvalue weighted by molar-refractivity contribution is -0.116. The summed E-state index contributed by atoms with van der Waals surface area (Å²) in [6.45, 7) is 3.46. The van der Waals surface area contributed by atoms with Crippen LogP contribution >= 0.6 is 11.6 Å². The predicted octanol–water partition coefficient (Wildman–Crippen LogP) is 3.83. The molecule has 0 aliphatic carbocycles. The summed E-state index contributed by atoms with van der Waals surface area (Å²) in [5, 5.41) is 3.33. The number of carbonyl (C=O) groups excluding carboxylic acids is 1. The third-order valence-corrected chi connectivity index (χ3v) is 4.65. The summed E-state index contributed by atoms with van der Waals surface area (Å²) >= 11 is 6.10. The standard InChI is InChI=1S/C21H20ClN3O3/c1-13-4-7-16(11-18(13)22)24-19(26)12-25-20(27)10-14(2)23-21(25)15-5-8-17(28-3)9-6-15/h4-11H,12H2,1-3H3,(H,24,26). The Kier molecular flexibility index (Phi) is 5.80. The molecule has 3 aromatic rings. The first kappa shape index (κ1) is 19.6. The lowest BCUT2D eigenvalue weighted by Gasteiger charge is -2.13. The summed E-state index contributed by atoms with van der Waals surface area (Å²) < 4.78 is 6.52. The number of benzene rings is 2. The van der Waals surface area contributed by atoms with E-state index in [0.717, 1.165) is 5.56 Å².